The predicted octanol–water partition coefficient (Wildman–Crippen LogP) is 5.41. The van der Waals surface area contributed by atoms with Crippen molar-refractivity contribution < 1.29 is 0 Å². The van der Waals surface area contributed by atoms with Crippen LogP contribution in [0.25, 0.3) is 10.9 Å². The molecule has 1 heteroatoms. The topological polar surface area (TPSA) is 12.9 Å². The predicted molar refractivity (Wildman–Crippen MR) is 88.1 cm³/mol. The summed E-state index contributed by atoms with van der Waals surface area (Å²) in [4.78, 5) is 4.85. The smallest absolute Gasteiger partial charge is 0.0708 e. The molecule has 1 aromatic carbocycles. The van der Waals surface area contributed by atoms with Gasteiger partial charge in [-0.1, -0.05) is 59.7 Å². The summed E-state index contributed by atoms with van der Waals surface area (Å²) in [5, 5.41) is 1.24. The number of nitrogens with zero attached hydrogens (tertiary/aromatic N) is 1. The third-order valence-corrected chi connectivity index (χ3v) is 3.26. The first-order valence-electron chi connectivity index (χ1n) is 7.51. The molecule has 20 heavy (non-hydrogen) atoms. The fourth-order valence-corrected chi connectivity index (χ4v) is 2.57. The number of rotatable bonds is 2. The van der Waals surface area contributed by atoms with Crippen LogP contribution >= 0.6 is 0 Å². The summed E-state index contributed by atoms with van der Waals surface area (Å²) in [5.41, 5.74) is 4.30. The second-order valence-electron chi connectivity index (χ2n) is 8.30. The van der Waals surface area contributed by atoms with E-state index in [0.29, 0.717) is 5.41 Å². The molecule has 0 fully saturated rings. The molecule has 0 saturated heterocycles. The fourth-order valence-electron chi connectivity index (χ4n) is 2.57. The van der Waals surface area contributed by atoms with Gasteiger partial charge in [0.2, 0.25) is 0 Å². The number of hydrogen-bond acceptors (Lipinski definition) is 1. The van der Waals surface area contributed by atoms with Crippen LogP contribution in [0.15, 0.2) is 30.3 Å². The minimum atomic E-state index is 0.281. The lowest BCUT2D eigenvalue weighted by atomic mass is 9.87. The maximum Gasteiger partial charge on any atom is 0.0708 e. The second-order valence-corrected chi connectivity index (χ2v) is 8.30. The highest BCUT2D eigenvalue weighted by Gasteiger charge is 2.14. The van der Waals surface area contributed by atoms with Gasteiger partial charge in [-0.05, 0) is 41.4 Å². The van der Waals surface area contributed by atoms with Gasteiger partial charge in [0.1, 0.15) is 0 Å². The summed E-state index contributed by atoms with van der Waals surface area (Å²) in [6, 6.07) is 11.1. The van der Waals surface area contributed by atoms with E-state index in [4.69, 9.17) is 4.98 Å². The summed E-state index contributed by atoms with van der Waals surface area (Å²) in [6.45, 7) is 13.6. The molecule has 0 radical (unpaired) electrons. The van der Waals surface area contributed by atoms with Crippen LogP contribution in [0, 0.1) is 10.8 Å². The molecule has 0 aliphatic rings. The van der Waals surface area contributed by atoms with E-state index in [1.165, 1.54) is 16.6 Å². The first-order chi connectivity index (χ1) is 9.12. The summed E-state index contributed by atoms with van der Waals surface area (Å²) in [6.07, 6.45) is 2.11. The van der Waals surface area contributed by atoms with Crippen molar-refractivity contribution in [2.75, 3.05) is 0 Å². The quantitative estimate of drug-likeness (QED) is 0.710. The van der Waals surface area contributed by atoms with Gasteiger partial charge < -0.3 is 0 Å². The normalized spacial score (nSPS) is 12.9. The Bertz CT molecular complexity index is 546. The van der Waals surface area contributed by atoms with Crippen LogP contribution in [0.1, 0.15) is 52.8 Å². The standard InChI is InChI=1S/C19H27N/c1-18(2,3)12-14-7-8-15-9-10-16(13-19(4,5)6)20-17(15)11-14/h7-11H,12-13H2,1-6H3. The van der Waals surface area contributed by atoms with Gasteiger partial charge in [-0.3, -0.25) is 4.98 Å². The molecular weight excluding hydrogens is 242 g/mol. The number of benzene rings is 1. The Morgan fingerprint density at radius 3 is 2.00 bits per heavy atom. The van der Waals surface area contributed by atoms with Crippen molar-refractivity contribution in [1.82, 2.24) is 4.98 Å². The van der Waals surface area contributed by atoms with Crippen LogP contribution < -0.4 is 0 Å². The maximum absolute atomic E-state index is 4.85. The zero-order valence-electron chi connectivity index (χ0n) is 13.7. The monoisotopic (exact) mass is 269 g/mol. The molecule has 0 amide bonds. The van der Waals surface area contributed by atoms with E-state index in [1.54, 1.807) is 0 Å². The minimum absolute atomic E-state index is 0.281. The van der Waals surface area contributed by atoms with Crippen LogP contribution in [-0.2, 0) is 12.8 Å². The van der Waals surface area contributed by atoms with Crippen molar-refractivity contribution in [1.29, 1.82) is 0 Å². The Morgan fingerprint density at radius 1 is 0.800 bits per heavy atom. The van der Waals surface area contributed by atoms with Crippen LogP contribution in [0.2, 0.25) is 0 Å². The average Bonchev–Trinajstić information content (AvgIpc) is 2.23. The van der Waals surface area contributed by atoms with Crippen molar-refractivity contribution >= 4 is 10.9 Å². The number of aromatic nitrogens is 1. The van der Waals surface area contributed by atoms with E-state index in [-0.39, 0.29) is 5.41 Å². The summed E-state index contributed by atoms with van der Waals surface area (Å²) in [7, 11) is 0. The summed E-state index contributed by atoms with van der Waals surface area (Å²) < 4.78 is 0. The van der Waals surface area contributed by atoms with Gasteiger partial charge >= 0.3 is 0 Å². The Kier molecular flexibility index (Phi) is 3.90. The highest BCUT2D eigenvalue weighted by molar-refractivity contribution is 5.79. The Labute approximate surface area is 123 Å². The van der Waals surface area contributed by atoms with Gasteiger partial charge in [0.05, 0.1) is 5.52 Å². The zero-order chi connectivity index (χ0) is 15.0. The molecule has 0 N–H and O–H groups in total. The third kappa shape index (κ3) is 4.33. The van der Waals surface area contributed by atoms with E-state index in [2.05, 4.69) is 71.9 Å². The molecule has 0 bridgehead atoms. The van der Waals surface area contributed by atoms with Crippen molar-refractivity contribution in [3.63, 3.8) is 0 Å². The molecule has 0 aliphatic heterocycles. The molecule has 0 atom stereocenters. The fraction of sp³-hybridized carbons (Fsp3) is 0.526. The largest absolute Gasteiger partial charge is 0.253 e. The Morgan fingerprint density at radius 2 is 1.40 bits per heavy atom. The maximum atomic E-state index is 4.85. The lowest BCUT2D eigenvalue weighted by Crippen LogP contribution is -2.11. The highest BCUT2D eigenvalue weighted by atomic mass is 14.7. The first kappa shape index (κ1) is 15.0. The van der Waals surface area contributed by atoms with Gasteiger partial charge in [-0.25, -0.2) is 0 Å². The van der Waals surface area contributed by atoms with Gasteiger partial charge in [-0.15, -0.1) is 0 Å². The number of fused-ring (bicyclic) bond motifs is 1. The molecule has 0 unspecified atom stereocenters. The second kappa shape index (κ2) is 5.20. The van der Waals surface area contributed by atoms with Crippen LogP contribution in [0.3, 0.4) is 0 Å². The van der Waals surface area contributed by atoms with E-state index in [9.17, 15) is 0 Å². The van der Waals surface area contributed by atoms with Crippen LogP contribution in [0.5, 0.6) is 0 Å². The Hall–Kier alpha value is -1.37. The highest BCUT2D eigenvalue weighted by Crippen LogP contribution is 2.25. The lowest BCUT2D eigenvalue weighted by molar-refractivity contribution is 0.407. The molecule has 0 saturated carbocycles. The molecule has 2 rings (SSSR count). The first-order valence-corrected chi connectivity index (χ1v) is 7.51. The van der Waals surface area contributed by atoms with Gasteiger partial charge in [0, 0.05) is 11.1 Å². The lowest BCUT2D eigenvalue weighted by Gasteiger charge is -2.19. The average molecular weight is 269 g/mol. The van der Waals surface area contributed by atoms with Crippen LogP contribution in [0.4, 0.5) is 0 Å². The zero-order valence-corrected chi connectivity index (χ0v) is 13.7. The van der Waals surface area contributed by atoms with Crippen molar-refractivity contribution in [2.45, 2.75) is 54.4 Å². The van der Waals surface area contributed by atoms with E-state index >= 15 is 0 Å². The van der Waals surface area contributed by atoms with E-state index in [0.717, 1.165) is 18.4 Å². The molecule has 108 valence electrons. The molecule has 2 aromatic rings. The SMILES string of the molecule is CC(C)(C)Cc1ccc2ccc(CC(C)(C)C)nc2c1. The molecule has 0 spiro atoms. The molecule has 1 heterocycles. The third-order valence-electron chi connectivity index (χ3n) is 3.26. The van der Waals surface area contributed by atoms with E-state index < -0.39 is 0 Å². The van der Waals surface area contributed by atoms with Crippen LogP contribution in [-0.4, -0.2) is 4.98 Å². The molecule has 0 aliphatic carbocycles. The van der Waals surface area contributed by atoms with Gasteiger partial charge in [-0.2, -0.15) is 0 Å². The number of hydrogen-bond donors (Lipinski definition) is 0. The van der Waals surface area contributed by atoms with Crippen molar-refractivity contribution in [3.8, 4) is 0 Å². The van der Waals surface area contributed by atoms with Crippen molar-refractivity contribution in [2.24, 2.45) is 10.8 Å². The van der Waals surface area contributed by atoms with Gasteiger partial charge in [0.15, 0.2) is 0 Å². The summed E-state index contributed by atoms with van der Waals surface area (Å²) in [5.74, 6) is 0. The number of pyridine rings is 1. The van der Waals surface area contributed by atoms with Crippen molar-refractivity contribution in [3.05, 3.63) is 41.6 Å². The Balaban J connectivity index is 2.34. The minimum Gasteiger partial charge on any atom is -0.253 e. The van der Waals surface area contributed by atoms with Gasteiger partial charge in [0.25, 0.3) is 0 Å². The molecule has 1 nitrogen and oxygen atoms in total. The molecule has 1 aromatic heterocycles. The summed E-state index contributed by atoms with van der Waals surface area (Å²) >= 11 is 0. The van der Waals surface area contributed by atoms with E-state index in [1.807, 2.05) is 0 Å². The molecular formula is C19H27N.